The Kier molecular flexibility index (Phi) is 3.69. The molecule has 1 N–H and O–H groups in total. The summed E-state index contributed by atoms with van der Waals surface area (Å²) in [5, 5.41) is 4.12. The SMILES string of the molecule is CCc1cc2c(cn1)C(c1ccccc1Cl)=NC1=C(C)CN=C1N2. The van der Waals surface area contributed by atoms with Crippen molar-refractivity contribution in [3.63, 3.8) is 0 Å². The second-order valence-corrected chi connectivity index (χ2v) is 6.34. The minimum atomic E-state index is 0.679. The van der Waals surface area contributed by atoms with Gasteiger partial charge in [-0.15, -0.1) is 0 Å². The molecule has 1 aromatic heterocycles. The minimum absolute atomic E-state index is 0.679. The largest absolute Gasteiger partial charge is 0.338 e. The highest BCUT2D eigenvalue weighted by molar-refractivity contribution is 6.36. The predicted octanol–water partition coefficient (Wildman–Crippen LogP) is 4.25. The highest BCUT2D eigenvalue weighted by atomic mass is 35.5. The first-order valence-electron chi connectivity index (χ1n) is 8.02. The molecule has 2 aliphatic heterocycles. The van der Waals surface area contributed by atoms with E-state index in [1.54, 1.807) is 0 Å². The van der Waals surface area contributed by atoms with Crippen LogP contribution in [0.25, 0.3) is 0 Å². The molecule has 2 aliphatic rings. The first-order valence-corrected chi connectivity index (χ1v) is 8.39. The lowest BCUT2D eigenvalue weighted by atomic mass is 10.0. The fourth-order valence-electron chi connectivity index (χ4n) is 2.94. The van der Waals surface area contributed by atoms with Crippen LogP contribution in [0.3, 0.4) is 0 Å². The summed E-state index contributed by atoms with van der Waals surface area (Å²) in [6.45, 7) is 4.84. The number of hydrogen-bond acceptors (Lipinski definition) is 4. The maximum atomic E-state index is 6.45. The van der Waals surface area contributed by atoms with Crippen molar-refractivity contribution in [1.29, 1.82) is 0 Å². The fourth-order valence-corrected chi connectivity index (χ4v) is 3.16. The zero-order chi connectivity index (χ0) is 16.7. The van der Waals surface area contributed by atoms with Gasteiger partial charge in [-0.2, -0.15) is 0 Å². The van der Waals surface area contributed by atoms with E-state index < -0.39 is 0 Å². The number of amidine groups is 1. The first kappa shape index (κ1) is 15.1. The molecule has 5 heteroatoms. The van der Waals surface area contributed by atoms with Crippen LogP contribution in [0.15, 0.2) is 57.8 Å². The van der Waals surface area contributed by atoms with Crippen molar-refractivity contribution in [2.45, 2.75) is 20.3 Å². The van der Waals surface area contributed by atoms with Crippen LogP contribution in [-0.2, 0) is 6.42 Å². The molecule has 0 aliphatic carbocycles. The van der Waals surface area contributed by atoms with Crippen molar-refractivity contribution < 1.29 is 0 Å². The summed E-state index contributed by atoms with van der Waals surface area (Å²) < 4.78 is 0. The van der Waals surface area contributed by atoms with Crippen LogP contribution in [0.5, 0.6) is 0 Å². The second-order valence-electron chi connectivity index (χ2n) is 5.93. The summed E-state index contributed by atoms with van der Waals surface area (Å²) in [5.41, 5.74) is 6.74. The Morgan fingerprint density at radius 2 is 2.04 bits per heavy atom. The number of anilines is 1. The number of aryl methyl sites for hydroxylation is 1. The van der Waals surface area contributed by atoms with Crippen LogP contribution in [0.4, 0.5) is 5.69 Å². The number of halogens is 1. The summed E-state index contributed by atoms with van der Waals surface area (Å²) in [4.78, 5) is 14.1. The average Bonchev–Trinajstić information content (AvgIpc) is 2.85. The van der Waals surface area contributed by atoms with Crippen molar-refractivity contribution in [2.24, 2.45) is 9.98 Å². The van der Waals surface area contributed by atoms with Gasteiger partial charge in [0, 0.05) is 28.0 Å². The van der Waals surface area contributed by atoms with Crippen LogP contribution in [0.1, 0.15) is 30.7 Å². The van der Waals surface area contributed by atoms with Crippen LogP contribution >= 0.6 is 11.6 Å². The van der Waals surface area contributed by atoms with Crippen molar-refractivity contribution >= 4 is 28.8 Å². The van der Waals surface area contributed by atoms with E-state index in [0.29, 0.717) is 11.6 Å². The number of nitrogens with one attached hydrogen (secondary N) is 1. The van der Waals surface area contributed by atoms with E-state index >= 15 is 0 Å². The van der Waals surface area contributed by atoms with Gasteiger partial charge in [0.25, 0.3) is 0 Å². The number of fused-ring (bicyclic) bond motifs is 2. The summed E-state index contributed by atoms with van der Waals surface area (Å²) in [7, 11) is 0. The Morgan fingerprint density at radius 3 is 2.83 bits per heavy atom. The molecule has 120 valence electrons. The standard InChI is InChI=1S/C19H17ClN4/c1-3-12-8-16-14(10-21-12)18(13-6-4-5-7-15(13)20)24-17-11(2)9-22-19(17)23-16/h4-8,10H,3,9H2,1-2H3,(H,22,23). The topological polar surface area (TPSA) is 49.6 Å². The normalized spacial score (nSPS) is 16.0. The molecule has 1 aromatic carbocycles. The molecule has 2 aromatic rings. The van der Waals surface area contributed by atoms with Gasteiger partial charge >= 0.3 is 0 Å². The van der Waals surface area contributed by atoms with E-state index in [0.717, 1.165) is 51.7 Å². The molecule has 0 fully saturated rings. The summed E-state index contributed by atoms with van der Waals surface area (Å²) in [5.74, 6) is 0.823. The van der Waals surface area contributed by atoms with E-state index in [1.807, 2.05) is 30.5 Å². The monoisotopic (exact) mass is 336 g/mol. The third kappa shape index (κ3) is 2.43. The van der Waals surface area contributed by atoms with Gasteiger partial charge in [-0.3, -0.25) is 9.98 Å². The molecule has 4 rings (SSSR count). The average molecular weight is 337 g/mol. The summed E-state index contributed by atoms with van der Waals surface area (Å²) in [6, 6.07) is 9.84. The lowest BCUT2D eigenvalue weighted by Gasteiger charge is -2.12. The van der Waals surface area contributed by atoms with Crippen molar-refractivity contribution in [2.75, 3.05) is 11.9 Å². The molecule has 4 nitrogen and oxygen atoms in total. The van der Waals surface area contributed by atoms with Crippen molar-refractivity contribution in [3.8, 4) is 0 Å². The maximum Gasteiger partial charge on any atom is 0.152 e. The van der Waals surface area contributed by atoms with Crippen LogP contribution in [0, 0.1) is 0 Å². The summed E-state index contributed by atoms with van der Waals surface area (Å²) >= 11 is 6.45. The Bertz CT molecular complexity index is 925. The van der Waals surface area contributed by atoms with Crippen LogP contribution < -0.4 is 5.32 Å². The number of benzene rings is 1. The summed E-state index contributed by atoms with van der Waals surface area (Å²) in [6.07, 6.45) is 2.75. The van der Waals surface area contributed by atoms with Crippen LogP contribution in [-0.4, -0.2) is 23.1 Å². The third-order valence-electron chi connectivity index (χ3n) is 4.29. The first-order chi connectivity index (χ1) is 11.7. The molecule has 0 saturated carbocycles. The van der Waals surface area contributed by atoms with Gasteiger partial charge in [0.2, 0.25) is 0 Å². The molecule has 0 radical (unpaired) electrons. The van der Waals surface area contributed by atoms with Gasteiger partial charge < -0.3 is 5.32 Å². The van der Waals surface area contributed by atoms with E-state index in [1.165, 1.54) is 0 Å². The number of pyridine rings is 1. The Morgan fingerprint density at radius 1 is 1.21 bits per heavy atom. The highest BCUT2D eigenvalue weighted by Gasteiger charge is 2.25. The molecule has 0 bridgehead atoms. The van der Waals surface area contributed by atoms with Gasteiger partial charge in [0.1, 0.15) is 5.70 Å². The minimum Gasteiger partial charge on any atom is -0.338 e. The second kappa shape index (κ2) is 5.87. The zero-order valence-electron chi connectivity index (χ0n) is 13.6. The highest BCUT2D eigenvalue weighted by Crippen LogP contribution is 2.31. The zero-order valence-corrected chi connectivity index (χ0v) is 14.4. The Balaban J connectivity index is 1.99. The van der Waals surface area contributed by atoms with E-state index in [9.17, 15) is 0 Å². The quantitative estimate of drug-likeness (QED) is 0.891. The number of aliphatic imine (C=N–C) groups is 2. The number of nitrogens with zero attached hydrogens (tertiary/aromatic N) is 3. The number of hydrogen-bond donors (Lipinski definition) is 1. The van der Waals surface area contributed by atoms with Gasteiger partial charge in [-0.25, -0.2) is 4.99 Å². The molecule has 0 saturated heterocycles. The molecule has 24 heavy (non-hydrogen) atoms. The van der Waals surface area contributed by atoms with E-state index in [2.05, 4.69) is 35.2 Å². The van der Waals surface area contributed by atoms with Gasteiger partial charge in [-0.05, 0) is 31.1 Å². The number of rotatable bonds is 2. The predicted molar refractivity (Wildman–Crippen MR) is 99.3 cm³/mol. The van der Waals surface area contributed by atoms with Gasteiger partial charge in [0.15, 0.2) is 5.84 Å². The van der Waals surface area contributed by atoms with Gasteiger partial charge in [-0.1, -0.05) is 36.7 Å². The molecular formula is C19H17ClN4. The molecular weight excluding hydrogens is 320 g/mol. The maximum absolute atomic E-state index is 6.45. The molecule has 3 heterocycles. The fraction of sp³-hybridized carbons (Fsp3) is 0.211. The van der Waals surface area contributed by atoms with E-state index in [4.69, 9.17) is 16.6 Å². The number of aromatic nitrogens is 1. The third-order valence-corrected chi connectivity index (χ3v) is 4.62. The lowest BCUT2D eigenvalue weighted by Crippen LogP contribution is -2.12. The van der Waals surface area contributed by atoms with E-state index in [-0.39, 0.29) is 0 Å². The van der Waals surface area contributed by atoms with Gasteiger partial charge in [0.05, 0.1) is 17.9 Å². The lowest BCUT2D eigenvalue weighted by molar-refractivity contribution is 1.03. The molecule has 0 atom stereocenters. The van der Waals surface area contributed by atoms with Crippen molar-refractivity contribution in [3.05, 3.63) is 69.6 Å². The molecule has 0 unspecified atom stereocenters. The molecule has 0 amide bonds. The molecule has 0 spiro atoms. The van der Waals surface area contributed by atoms with Crippen molar-refractivity contribution in [1.82, 2.24) is 4.98 Å². The Labute approximate surface area is 146 Å². The smallest absolute Gasteiger partial charge is 0.152 e. The Hall–Kier alpha value is -2.46. The van der Waals surface area contributed by atoms with Crippen LogP contribution in [0.2, 0.25) is 5.02 Å².